The van der Waals surface area contributed by atoms with Gasteiger partial charge >= 0.3 is 0 Å². The number of aliphatic imine (C=N–C) groups is 1. The smallest absolute Gasteiger partial charge is 0.274 e. The molecule has 5 heteroatoms. The molecule has 5 nitrogen and oxygen atoms in total. The van der Waals surface area contributed by atoms with Gasteiger partial charge in [0.1, 0.15) is 0 Å². The number of nitrogens with zero attached hydrogens (tertiary/aromatic N) is 1. The zero-order valence-electron chi connectivity index (χ0n) is 13.8. The monoisotopic (exact) mass is 325 g/mol. The van der Waals surface area contributed by atoms with Gasteiger partial charge in [-0.25, -0.2) is 5.48 Å². The van der Waals surface area contributed by atoms with Crippen molar-refractivity contribution in [2.45, 2.75) is 26.2 Å². The maximum Gasteiger partial charge on any atom is 0.274 e. The van der Waals surface area contributed by atoms with Crippen molar-refractivity contribution in [1.29, 1.82) is 0 Å². The molecule has 0 fully saturated rings. The molecule has 0 aliphatic rings. The Balaban J connectivity index is 2.09. The third kappa shape index (κ3) is 5.21. The lowest BCUT2D eigenvalue weighted by atomic mass is 10.1. The molecule has 0 saturated heterocycles. The Morgan fingerprint density at radius 3 is 2.71 bits per heavy atom. The Hall–Kier alpha value is -2.66. The molecule has 0 radical (unpaired) electrons. The molecule has 0 aliphatic heterocycles. The summed E-state index contributed by atoms with van der Waals surface area (Å²) in [4.78, 5) is 16.1. The molecule has 1 amide bonds. The third-order valence-electron chi connectivity index (χ3n) is 3.56. The standard InChI is InChI=1S/C19H23N3O2/c1-2-12-20-17-11-10-16(19(23)22-24)14-18(17)21-13-6-9-15-7-4-3-5-8-15/h3-5,7-8,10-11,13-14,20,24H,2,6,9,12H2,1H3,(H,22,23). The second-order valence-electron chi connectivity index (χ2n) is 5.44. The highest BCUT2D eigenvalue weighted by molar-refractivity contribution is 5.95. The minimum absolute atomic E-state index is 0.370. The number of hydrogen-bond acceptors (Lipinski definition) is 4. The van der Waals surface area contributed by atoms with Crippen molar-refractivity contribution in [2.75, 3.05) is 11.9 Å². The fourth-order valence-electron chi connectivity index (χ4n) is 2.29. The molecule has 0 bridgehead atoms. The summed E-state index contributed by atoms with van der Waals surface area (Å²) in [6.45, 7) is 2.92. The predicted molar refractivity (Wildman–Crippen MR) is 97.4 cm³/mol. The number of amides is 1. The fourth-order valence-corrected chi connectivity index (χ4v) is 2.29. The zero-order valence-corrected chi connectivity index (χ0v) is 13.8. The molecule has 0 saturated carbocycles. The second kappa shape index (κ2) is 9.47. The lowest BCUT2D eigenvalue weighted by Crippen LogP contribution is -2.18. The summed E-state index contributed by atoms with van der Waals surface area (Å²) in [5.74, 6) is -0.544. The number of hydrogen-bond donors (Lipinski definition) is 3. The number of nitrogens with one attached hydrogen (secondary N) is 2. The van der Waals surface area contributed by atoms with Crippen molar-refractivity contribution in [3.63, 3.8) is 0 Å². The van der Waals surface area contributed by atoms with E-state index in [0.717, 1.165) is 31.5 Å². The lowest BCUT2D eigenvalue weighted by Gasteiger charge is -2.10. The van der Waals surface area contributed by atoms with E-state index in [-0.39, 0.29) is 0 Å². The van der Waals surface area contributed by atoms with Crippen LogP contribution >= 0.6 is 0 Å². The summed E-state index contributed by atoms with van der Waals surface area (Å²) in [5.41, 5.74) is 4.85. The first-order valence-electron chi connectivity index (χ1n) is 8.13. The molecule has 126 valence electrons. The van der Waals surface area contributed by atoms with Crippen LogP contribution in [-0.4, -0.2) is 23.9 Å². The van der Waals surface area contributed by atoms with Gasteiger partial charge in [-0.05, 0) is 43.0 Å². The van der Waals surface area contributed by atoms with Gasteiger partial charge < -0.3 is 5.32 Å². The van der Waals surface area contributed by atoms with Crippen molar-refractivity contribution in [1.82, 2.24) is 5.48 Å². The fraction of sp³-hybridized carbons (Fsp3) is 0.263. The highest BCUT2D eigenvalue weighted by atomic mass is 16.5. The van der Waals surface area contributed by atoms with E-state index < -0.39 is 5.91 Å². The SMILES string of the molecule is CCCNc1ccc(C(=O)NO)cc1N=CCCc1ccccc1. The van der Waals surface area contributed by atoms with Crippen LogP contribution in [0.5, 0.6) is 0 Å². The molecule has 0 unspecified atom stereocenters. The van der Waals surface area contributed by atoms with Gasteiger partial charge in [-0.2, -0.15) is 0 Å². The van der Waals surface area contributed by atoms with Crippen LogP contribution in [0.3, 0.4) is 0 Å². The van der Waals surface area contributed by atoms with E-state index in [0.29, 0.717) is 11.3 Å². The molecule has 0 spiro atoms. The van der Waals surface area contributed by atoms with Crippen molar-refractivity contribution in [2.24, 2.45) is 4.99 Å². The Bertz CT molecular complexity index is 684. The van der Waals surface area contributed by atoms with Crippen LogP contribution in [0.25, 0.3) is 0 Å². The number of benzene rings is 2. The van der Waals surface area contributed by atoms with E-state index >= 15 is 0 Å². The zero-order chi connectivity index (χ0) is 17.2. The molecule has 0 heterocycles. The Morgan fingerprint density at radius 1 is 1.21 bits per heavy atom. The minimum atomic E-state index is -0.544. The van der Waals surface area contributed by atoms with Gasteiger partial charge in [-0.3, -0.25) is 15.0 Å². The largest absolute Gasteiger partial charge is 0.383 e. The van der Waals surface area contributed by atoms with E-state index in [9.17, 15) is 4.79 Å². The molecule has 2 rings (SSSR count). The minimum Gasteiger partial charge on any atom is -0.383 e. The van der Waals surface area contributed by atoms with Crippen molar-refractivity contribution in [3.8, 4) is 0 Å². The molecule has 2 aromatic carbocycles. The van der Waals surface area contributed by atoms with Crippen LogP contribution in [-0.2, 0) is 6.42 Å². The number of aryl methyl sites for hydroxylation is 1. The van der Waals surface area contributed by atoms with Crippen LogP contribution in [0.1, 0.15) is 35.7 Å². The quantitative estimate of drug-likeness (QED) is 0.391. The van der Waals surface area contributed by atoms with Gasteiger partial charge in [0.15, 0.2) is 0 Å². The van der Waals surface area contributed by atoms with Crippen molar-refractivity contribution < 1.29 is 10.0 Å². The molecule has 2 aromatic rings. The Kier molecular flexibility index (Phi) is 6.98. The lowest BCUT2D eigenvalue weighted by molar-refractivity contribution is 0.0706. The summed E-state index contributed by atoms with van der Waals surface area (Å²) >= 11 is 0. The summed E-state index contributed by atoms with van der Waals surface area (Å²) in [6, 6.07) is 15.4. The molecule has 0 aliphatic carbocycles. The topological polar surface area (TPSA) is 73.7 Å². The normalized spacial score (nSPS) is 10.8. The molecule has 0 aromatic heterocycles. The summed E-state index contributed by atoms with van der Waals surface area (Å²) in [5, 5.41) is 12.1. The predicted octanol–water partition coefficient (Wildman–Crippen LogP) is 3.96. The first kappa shape index (κ1) is 17.7. The third-order valence-corrected chi connectivity index (χ3v) is 3.56. The van der Waals surface area contributed by atoms with Crippen LogP contribution in [0, 0.1) is 0 Å². The molecular formula is C19H23N3O2. The Labute approximate surface area is 142 Å². The molecular weight excluding hydrogens is 302 g/mol. The highest BCUT2D eigenvalue weighted by Gasteiger charge is 2.08. The van der Waals surface area contributed by atoms with Gasteiger partial charge in [0, 0.05) is 18.3 Å². The second-order valence-corrected chi connectivity index (χ2v) is 5.44. The van der Waals surface area contributed by atoms with E-state index in [1.165, 1.54) is 5.56 Å². The van der Waals surface area contributed by atoms with Crippen LogP contribution in [0.15, 0.2) is 53.5 Å². The van der Waals surface area contributed by atoms with Gasteiger partial charge in [0.25, 0.3) is 5.91 Å². The van der Waals surface area contributed by atoms with E-state index in [1.54, 1.807) is 17.6 Å². The van der Waals surface area contributed by atoms with Gasteiger partial charge in [0.05, 0.1) is 11.4 Å². The number of rotatable bonds is 8. The summed E-state index contributed by atoms with van der Waals surface area (Å²) in [7, 11) is 0. The average molecular weight is 325 g/mol. The maximum absolute atomic E-state index is 11.6. The van der Waals surface area contributed by atoms with Crippen molar-refractivity contribution >= 4 is 23.5 Å². The van der Waals surface area contributed by atoms with Crippen LogP contribution in [0.4, 0.5) is 11.4 Å². The Morgan fingerprint density at radius 2 is 2.00 bits per heavy atom. The number of carbonyl (C=O) groups excluding carboxylic acids is 1. The molecule has 3 N–H and O–H groups in total. The van der Waals surface area contributed by atoms with Gasteiger partial charge in [-0.15, -0.1) is 0 Å². The summed E-state index contributed by atoms with van der Waals surface area (Å²) in [6.07, 6.45) is 4.59. The van der Waals surface area contributed by atoms with Crippen LogP contribution in [0.2, 0.25) is 0 Å². The van der Waals surface area contributed by atoms with Gasteiger partial charge in [-0.1, -0.05) is 37.3 Å². The first-order chi connectivity index (χ1) is 11.7. The number of carbonyl (C=O) groups is 1. The van der Waals surface area contributed by atoms with Crippen LogP contribution < -0.4 is 10.8 Å². The van der Waals surface area contributed by atoms with E-state index in [1.807, 2.05) is 30.5 Å². The highest BCUT2D eigenvalue weighted by Crippen LogP contribution is 2.26. The van der Waals surface area contributed by atoms with Gasteiger partial charge in [0.2, 0.25) is 0 Å². The molecule has 0 atom stereocenters. The van der Waals surface area contributed by atoms with E-state index in [2.05, 4.69) is 29.4 Å². The molecule has 24 heavy (non-hydrogen) atoms. The van der Waals surface area contributed by atoms with Crippen molar-refractivity contribution in [3.05, 3.63) is 59.7 Å². The maximum atomic E-state index is 11.6. The van der Waals surface area contributed by atoms with E-state index in [4.69, 9.17) is 5.21 Å². The summed E-state index contributed by atoms with van der Waals surface area (Å²) < 4.78 is 0. The number of anilines is 1. The average Bonchev–Trinajstić information content (AvgIpc) is 2.64. The first-order valence-corrected chi connectivity index (χ1v) is 8.13. The number of hydroxylamine groups is 1.